The van der Waals surface area contributed by atoms with Gasteiger partial charge >= 0.3 is 0 Å². The second-order valence-corrected chi connectivity index (χ2v) is 10.0. The first-order valence-corrected chi connectivity index (χ1v) is 13.4. The van der Waals surface area contributed by atoms with Crippen LogP contribution in [0.2, 0.25) is 0 Å². The third-order valence-electron chi connectivity index (χ3n) is 7.15. The zero-order valence-electron chi connectivity index (χ0n) is 21.5. The molecular weight excluding hydrogens is 454 g/mol. The Morgan fingerprint density at radius 3 is 2.86 bits per heavy atom. The number of ether oxygens (including phenoxy) is 3. The van der Waals surface area contributed by atoms with Crippen molar-refractivity contribution in [3.63, 3.8) is 0 Å². The highest BCUT2D eigenvalue weighted by Gasteiger charge is 2.23. The predicted octanol–water partition coefficient (Wildman–Crippen LogP) is 4.57. The molecule has 8 nitrogen and oxygen atoms in total. The van der Waals surface area contributed by atoms with Crippen LogP contribution in [-0.2, 0) is 16.1 Å². The van der Waals surface area contributed by atoms with Crippen LogP contribution in [0.1, 0.15) is 38.2 Å². The van der Waals surface area contributed by atoms with Gasteiger partial charge in [0.05, 0.1) is 26.4 Å². The Balaban J connectivity index is 0.00000320. The van der Waals surface area contributed by atoms with Crippen LogP contribution < -0.4 is 15.0 Å². The smallest absolute Gasteiger partial charge is 0.229 e. The average Bonchev–Trinajstić information content (AvgIpc) is 3.41. The second-order valence-electron chi connectivity index (χ2n) is 10.0. The maximum absolute atomic E-state index is 6.19. The highest BCUT2D eigenvalue weighted by molar-refractivity contribution is 5.59. The first-order chi connectivity index (χ1) is 17.7. The van der Waals surface area contributed by atoms with Gasteiger partial charge in [-0.05, 0) is 69.8 Å². The van der Waals surface area contributed by atoms with Crippen molar-refractivity contribution in [2.45, 2.75) is 39.2 Å². The second kappa shape index (κ2) is 12.5. The van der Waals surface area contributed by atoms with Gasteiger partial charge in [-0.3, -0.25) is 4.90 Å². The molecule has 4 heterocycles. The van der Waals surface area contributed by atoms with Gasteiger partial charge in [-0.2, -0.15) is 4.98 Å². The van der Waals surface area contributed by atoms with E-state index in [4.69, 9.17) is 19.2 Å². The number of aromatic nitrogens is 2. The van der Waals surface area contributed by atoms with Gasteiger partial charge in [-0.1, -0.05) is 12.2 Å². The maximum atomic E-state index is 6.19. The van der Waals surface area contributed by atoms with Crippen LogP contribution in [0.3, 0.4) is 0 Å². The third-order valence-corrected chi connectivity index (χ3v) is 7.15. The molecule has 0 amide bonds. The first-order valence-electron chi connectivity index (χ1n) is 13.4. The van der Waals surface area contributed by atoms with Crippen molar-refractivity contribution in [1.82, 2.24) is 14.9 Å². The van der Waals surface area contributed by atoms with Crippen LogP contribution in [0.5, 0.6) is 5.75 Å². The van der Waals surface area contributed by atoms with Gasteiger partial charge in [0.2, 0.25) is 5.95 Å². The fraction of sp³-hybridized carbons (Fsp3) is 0.571. The van der Waals surface area contributed by atoms with Gasteiger partial charge in [0, 0.05) is 44.1 Å². The van der Waals surface area contributed by atoms with Gasteiger partial charge in [0.25, 0.3) is 0 Å². The average molecular weight is 496 g/mol. The third kappa shape index (κ3) is 6.75. The molecule has 1 unspecified atom stereocenters. The SMILES string of the molecule is Cc1cnc2nc1N1CCCC(COC/C=C/COCc3cc(ccc3OCCN3CCCC3)N2)C1.[HH]. The Morgan fingerprint density at radius 2 is 1.97 bits per heavy atom. The lowest BCUT2D eigenvalue weighted by atomic mass is 9.99. The molecule has 2 aromatic rings. The summed E-state index contributed by atoms with van der Waals surface area (Å²) in [5.74, 6) is 2.98. The van der Waals surface area contributed by atoms with E-state index in [0.717, 1.165) is 61.0 Å². The summed E-state index contributed by atoms with van der Waals surface area (Å²) in [6.07, 6.45) is 10.9. The van der Waals surface area contributed by atoms with Crippen LogP contribution in [-0.4, -0.2) is 74.0 Å². The predicted molar refractivity (Wildman–Crippen MR) is 144 cm³/mol. The Labute approximate surface area is 216 Å². The Morgan fingerprint density at radius 1 is 1.11 bits per heavy atom. The maximum Gasteiger partial charge on any atom is 0.229 e. The monoisotopic (exact) mass is 495 g/mol. The van der Waals surface area contributed by atoms with Crippen molar-refractivity contribution in [2.75, 3.05) is 69.4 Å². The molecule has 1 N–H and O–H groups in total. The van der Waals surface area contributed by atoms with Gasteiger partial charge in [-0.25, -0.2) is 4.98 Å². The summed E-state index contributed by atoms with van der Waals surface area (Å²) in [7, 11) is 0. The largest absolute Gasteiger partial charge is 0.492 e. The van der Waals surface area contributed by atoms with Crippen LogP contribution in [0.4, 0.5) is 17.5 Å². The zero-order valence-corrected chi connectivity index (χ0v) is 21.5. The van der Waals surface area contributed by atoms with Gasteiger partial charge < -0.3 is 24.4 Å². The van der Waals surface area contributed by atoms with Crippen LogP contribution in [0.25, 0.3) is 0 Å². The molecule has 6 bridgehead atoms. The quantitative estimate of drug-likeness (QED) is 0.619. The number of aryl methyl sites for hydroxylation is 1. The zero-order chi connectivity index (χ0) is 24.6. The molecule has 0 saturated carbocycles. The molecule has 196 valence electrons. The number of rotatable bonds is 4. The van der Waals surface area contributed by atoms with E-state index in [-0.39, 0.29) is 1.43 Å². The summed E-state index contributed by atoms with van der Waals surface area (Å²) >= 11 is 0. The van der Waals surface area contributed by atoms with E-state index in [0.29, 0.717) is 38.3 Å². The van der Waals surface area contributed by atoms with E-state index < -0.39 is 0 Å². The van der Waals surface area contributed by atoms with Crippen LogP contribution in [0, 0.1) is 12.8 Å². The Hall–Kier alpha value is -2.68. The minimum Gasteiger partial charge on any atom is -0.492 e. The van der Waals surface area contributed by atoms with E-state index in [2.05, 4.69) is 39.2 Å². The molecular formula is C28H41N5O3. The normalized spacial score (nSPS) is 22.4. The van der Waals surface area contributed by atoms with Crippen molar-refractivity contribution >= 4 is 17.5 Å². The van der Waals surface area contributed by atoms with Crippen LogP contribution in [0.15, 0.2) is 36.5 Å². The van der Waals surface area contributed by atoms with Gasteiger partial charge in [-0.15, -0.1) is 0 Å². The lowest BCUT2D eigenvalue weighted by molar-refractivity contribution is 0.113. The molecule has 0 aliphatic carbocycles. The van der Waals surface area contributed by atoms with E-state index >= 15 is 0 Å². The van der Waals surface area contributed by atoms with Gasteiger partial charge in [0.15, 0.2) is 0 Å². The minimum atomic E-state index is 0. The number of piperidine rings is 1. The lowest BCUT2D eigenvalue weighted by Crippen LogP contribution is -2.38. The molecule has 2 saturated heterocycles. The standard InChI is InChI=1S/C28H39N5O3.H2/c1-22-18-29-28-30-25-8-9-26(36-16-13-32-10-2-3-11-32)24(17-25)21-35-15-5-4-14-34-20-23-7-6-12-33(19-23)27(22)31-28;/h4-5,8-9,17-18,23H,2-3,6-7,10-16,19-21H2,1H3,(H,29,30,31);1H/b5-4+;. The molecule has 3 aliphatic rings. The van der Waals surface area contributed by atoms with Crippen molar-refractivity contribution in [2.24, 2.45) is 5.92 Å². The number of likely N-dealkylation sites (tertiary alicyclic amines) is 1. The number of nitrogens with one attached hydrogen (secondary N) is 1. The molecule has 3 aliphatic heterocycles. The van der Waals surface area contributed by atoms with Crippen molar-refractivity contribution in [1.29, 1.82) is 0 Å². The Bertz CT molecular complexity index is 1030. The number of nitrogens with zero attached hydrogens (tertiary/aromatic N) is 4. The molecule has 1 aromatic carbocycles. The number of benzene rings is 1. The molecule has 2 fully saturated rings. The molecule has 5 rings (SSSR count). The first kappa shape index (κ1) is 25.0. The number of fused-ring (bicyclic) bond motifs is 7. The minimum absolute atomic E-state index is 0. The molecule has 0 spiro atoms. The summed E-state index contributed by atoms with van der Waals surface area (Å²) in [5, 5.41) is 3.41. The van der Waals surface area contributed by atoms with E-state index in [1.165, 1.54) is 32.4 Å². The van der Waals surface area contributed by atoms with Crippen molar-refractivity contribution in [3.05, 3.63) is 47.7 Å². The lowest BCUT2D eigenvalue weighted by Gasteiger charge is -2.34. The topological polar surface area (TPSA) is 72.0 Å². The molecule has 36 heavy (non-hydrogen) atoms. The molecule has 8 heteroatoms. The summed E-state index contributed by atoms with van der Waals surface area (Å²) in [4.78, 5) is 14.3. The number of hydrogen-bond acceptors (Lipinski definition) is 8. The van der Waals surface area contributed by atoms with Crippen molar-refractivity contribution < 1.29 is 15.6 Å². The summed E-state index contributed by atoms with van der Waals surface area (Å²) in [5.41, 5.74) is 3.03. The highest BCUT2D eigenvalue weighted by Crippen LogP contribution is 2.28. The summed E-state index contributed by atoms with van der Waals surface area (Å²) in [6.45, 7) is 10.4. The van der Waals surface area contributed by atoms with E-state index in [9.17, 15) is 0 Å². The fourth-order valence-corrected chi connectivity index (χ4v) is 5.21. The summed E-state index contributed by atoms with van der Waals surface area (Å²) in [6, 6.07) is 6.14. The van der Waals surface area contributed by atoms with Crippen LogP contribution >= 0.6 is 0 Å². The highest BCUT2D eigenvalue weighted by atomic mass is 16.5. The van der Waals surface area contributed by atoms with Crippen molar-refractivity contribution in [3.8, 4) is 5.75 Å². The molecule has 1 atom stereocenters. The number of hydrogen-bond donors (Lipinski definition) is 1. The summed E-state index contributed by atoms with van der Waals surface area (Å²) < 4.78 is 18.1. The van der Waals surface area contributed by atoms with Gasteiger partial charge in [0.1, 0.15) is 18.2 Å². The number of anilines is 3. The van der Waals surface area contributed by atoms with E-state index in [1.54, 1.807) is 0 Å². The van der Waals surface area contributed by atoms with E-state index in [1.807, 2.05) is 24.4 Å². The fourth-order valence-electron chi connectivity index (χ4n) is 5.21. The molecule has 0 radical (unpaired) electrons. The molecule has 1 aromatic heterocycles. The Kier molecular flexibility index (Phi) is 8.69.